The molecule has 2 atom stereocenters. The van der Waals surface area contributed by atoms with E-state index in [0.29, 0.717) is 25.9 Å². The van der Waals surface area contributed by atoms with Crippen LogP contribution in [0.2, 0.25) is 0 Å². The number of unbranched alkanes of at least 4 members (excludes halogenated alkanes) is 5. The van der Waals surface area contributed by atoms with Crippen LogP contribution in [0.15, 0.2) is 24.3 Å². The maximum Gasteiger partial charge on any atom is 0.237 e. The molecule has 0 unspecified atom stereocenters. The lowest BCUT2D eigenvalue weighted by atomic mass is 9.96. The summed E-state index contributed by atoms with van der Waals surface area (Å²) in [6.45, 7) is 8.86. The second-order valence-corrected chi connectivity index (χ2v) is 10.4. The molecule has 0 aliphatic heterocycles. The molecule has 0 spiro atoms. The molecule has 2 aromatic carbocycles. The SMILES string of the molecule is Cc1cc(O)cc(C)c1C[C@H](N)C(=O)NCCCCCCCCNC(=O)[C@@H](N)Cc1c(C)cc(O)cc1C. The number of amides is 2. The average Bonchev–Trinajstić information content (AvgIpc) is 2.84. The number of hydrogen-bond acceptors (Lipinski definition) is 6. The van der Waals surface area contributed by atoms with Crippen LogP contribution in [-0.4, -0.2) is 47.2 Å². The van der Waals surface area contributed by atoms with E-state index in [2.05, 4.69) is 10.6 Å². The van der Waals surface area contributed by atoms with E-state index in [-0.39, 0.29) is 23.3 Å². The van der Waals surface area contributed by atoms with Crippen molar-refractivity contribution in [3.63, 3.8) is 0 Å². The summed E-state index contributed by atoms with van der Waals surface area (Å²) in [6, 6.07) is 5.53. The molecule has 0 radical (unpaired) electrons. The molecule has 0 aliphatic rings. The van der Waals surface area contributed by atoms with Crippen LogP contribution in [0.3, 0.4) is 0 Å². The number of carbonyl (C=O) groups is 2. The van der Waals surface area contributed by atoms with Crippen molar-refractivity contribution < 1.29 is 19.8 Å². The van der Waals surface area contributed by atoms with Crippen LogP contribution in [0.5, 0.6) is 11.5 Å². The first-order chi connectivity index (χ1) is 18.0. The van der Waals surface area contributed by atoms with Crippen LogP contribution in [0, 0.1) is 27.7 Å². The number of nitrogens with one attached hydrogen (secondary N) is 2. The number of rotatable bonds is 15. The van der Waals surface area contributed by atoms with Crippen LogP contribution in [0.4, 0.5) is 0 Å². The molecule has 0 saturated heterocycles. The van der Waals surface area contributed by atoms with Gasteiger partial charge in [-0.15, -0.1) is 0 Å². The Morgan fingerprint density at radius 3 is 1.24 bits per heavy atom. The highest BCUT2D eigenvalue weighted by Crippen LogP contribution is 2.23. The fourth-order valence-electron chi connectivity index (χ4n) is 4.85. The fourth-order valence-corrected chi connectivity index (χ4v) is 4.85. The predicted octanol–water partition coefficient (Wildman–Crippen LogP) is 3.34. The zero-order valence-corrected chi connectivity index (χ0v) is 23.4. The van der Waals surface area contributed by atoms with Gasteiger partial charge in [-0.05, 0) is 111 Å². The van der Waals surface area contributed by atoms with Crippen LogP contribution in [0.1, 0.15) is 71.9 Å². The number of aromatic hydroxyl groups is 2. The third kappa shape index (κ3) is 9.99. The Hall–Kier alpha value is -3.10. The average molecular weight is 527 g/mol. The van der Waals surface area contributed by atoms with E-state index in [4.69, 9.17) is 11.5 Å². The lowest BCUT2D eigenvalue weighted by molar-refractivity contribution is -0.123. The van der Waals surface area contributed by atoms with Crippen molar-refractivity contribution in [3.05, 3.63) is 57.6 Å². The van der Waals surface area contributed by atoms with Crippen molar-refractivity contribution in [1.29, 1.82) is 0 Å². The number of benzene rings is 2. The normalized spacial score (nSPS) is 12.7. The smallest absolute Gasteiger partial charge is 0.237 e. The molecule has 8 heteroatoms. The number of nitrogens with two attached hydrogens (primary N) is 2. The quantitative estimate of drug-likeness (QED) is 0.196. The zero-order valence-electron chi connectivity index (χ0n) is 23.4. The van der Waals surface area contributed by atoms with Gasteiger partial charge in [0.1, 0.15) is 11.5 Å². The standard InChI is InChI=1S/C30H46N4O4/c1-19-13-23(35)14-20(2)25(19)17-27(31)29(37)33-11-9-7-5-6-8-10-12-34-30(38)28(32)18-26-21(3)15-24(36)16-22(26)4/h13-16,27-28,35-36H,5-12,17-18,31-32H2,1-4H3,(H,33,37)(H,34,38)/t27-,28-/m0/s1. The molecule has 0 heterocycles. The Bertz CT molecular complexity index is 954. The third-order valence-electron chi connectivity index (χ3n) is 7.09. The summed E-state index contributed by atoms with van der Waals surface area (Å²) in [6.07, 6.45) is 6.88. The second kappa shape index (κ2) is 15.3. The van der Waals surface area contributed by atoms with Gasteiger partial charge >= 0.3 is 0 Å². The van der Waals surface area contributed by atoms with Crippen LogP contribution < -0.4 is 22.1 Å². The summed E-state index contributed by atoms with van der Waals surface area (Å²) in [5.74, 6) is 0.147. The highest BCUT2D eigenvalue weighted by Gasteiger charge is 2.17. The number of aryl methyl sites for hydroxylation is 4. The molecule has 0 fully saturated rings. The summed E-state index contributed by atoms with van der Waals surface area (Å²) in [5, 5.41) is 25.2. The largest absolute Gasteiger partial charge is 0.508 e. The molecule has 0 saturated carbocycles. The molecular formula is C30H46N4O4. The molecule has 2 rings (SSSR count). The molecule has 210 valence electrons. The molecule has 2 amide bonds. The van der Waals surface area contributed by atoms with E-state index in [9.17, 15) is 19.8 Å². The third-order valence-corrected chi connectivity index (χ3v) is 7.09. The van der Waals surface area contributed by atoms with E-state index in [1.165, 1.54) is 0 Å². The monoisotopic (exact) mass is 526 g/mol. The first-order valence-electron chi connectivity index (χ1n) is 13.6. The fraction of sp³-hybridized carbons (Fsp3) is 0.533. The summed E-state index contributed by atoms with van der Waals surface area (Å²) in [7, 11) is 0. The lowest BCUT2D eigenvalue weighted by Gasteiger charge is -2.16. The van der Waals surface area contributed by atoms with Gasteiger partial charge in [-0.25, -0.2) is 0 Å². The first kappa shape index (κ1) is 31.1. The zero-order chi connectivity index (χ0) is 28.2. The molecule has 0 aromatic heterocycles. The second-order valence-electron chi connectivity index (χ2n) is 10.4. The van der Waals surface area contributed by atoms with Crippen LogP contribution in [-0.2, 0) is 22.4 Å². The van der Waals surface area contributed by atoms with Crippen LogP contribution >= 0.6 is 0 Å². The summed E-state index contributed by atoms with van der Waals surface area (Å²) in [4.78, 5) is 24.7. The molecule has 8 N–H and O–H groups in total. The van der Waals surface area contributed by atoms with Gasteiger partial charge in [0.2, 0.25) is 11.8 Å². The van der Waals surface area contributed by atoms with Crippen LogP contribution in [0.25, 0.3) is 0 Å². The summed E-state index contributed by atoms with van der Waals surface area (Å²) < 4.78 is 0. The van der Waals surface area contributed by atoms with E-state index >= 15 is 0 Å². The van der Waals surface area contributed by atoms with Gasteiger partial charge in [-0.1, -0.05) is 25.7 Å². The van der Waals surface area contributed by atoms with E-state index in [0.717, 1.165) is 71.9 Å². The molecule has 2 aromatic rings. The van der Waals surface area contributed by atoms with E-state index in [1.54, 1.807) is 24.3 Å². The highest BCUT2D eigenvalue weighted by molar-refractivity contribution is 5.82. The topological polar surface area (TPSA) is 151 Å². The summed E-state index contributed by atoms with van der Waals surface area (Å²) >= 11 is 0. The lowest BCUT2D eigenvalue weighted by Crippen LogP contribution is -2.42. The minimum Gasteiger partial charge on any atom is -0.508 e. The van der Waals surface area contributed by atoms with E-state index in [1.807, 2.05) is 27.7 Å². The molecular weight excluding hydrogens is 480 g/mol. The Morgan fingerprint density at radius 1 is 0.632 bits per heavy atom. The van der Waals surface area contributed by atoms with Gasteiger partial charge in [0.15, 0.2) is 0 Å². The van der Waals surface area contributed by atoms with Crippen molar-refractivity contribution >= 4 is 11.8 Å². The number of hydrogen-bond donors (Lipinski definition) is 6. The van der Waals surface area contributed by atoms with E-state index < -0.39 is 12.1 Å². The van der Waals surface area contributed by atoms with Crippen molar-refractivity contribution in [2.45, 2.75) is 91.1 Å². The Balaban J connectivity index is 1.53. The highest BCUT2D eigenvalue weighted by atomic mass is 16.3. The number of phenols is 2. The van der Waals surface area contributed by atoms with Gasteiger partial charge in [0.25, 0.3) is 0 Å². The molecule has 8 nitrogen and oxygen atoms in total. The van der Waals surface area contributed by atoms with Crippen molar-refractivity contribution in [2.75, 3.05) is 13.1 Å². The molecule has 38 heavy (non-hydrogen) atoms. The maximum absolute atomic E-state index is 12.4. The Labute approximate surface area is 227 Å². The van der Waals surface area contributed by atoms with Gasteiger partial charge < -0.3 is 32.3 Å². The number of carbonyl (C=O) groups excluding carboxylic acids is 2. The maximum atomic E-state index is 12.4. The van der Waals surface area contributed by atoms with Gasteiger partial charge in [-0.2, -0.15) is 0 Å². The minimum absolute atomic E-state index is 0.151. The van der Waals surface area contributed by atoms with Gasteiger partial charge in [-0.3, -0.25) is 9.59 Å². The van der Waals surface area contributed by atoms with Gasteiger partial charge in [0, 0.05) is 13.1 Å². The Morgan fingerprint density at radius 2 is 0.921 bits per heavy atom. The summed E-state index contributed by atoms with van der Waals surface area (Å²) in [5.41, 5.74) is 18.0. The van der Waals surface area contributed by atoms with Crippen molar-refractivity contribution in [1.82, 2.24) is 10.6 Å². The molecule has 0 aliphatic carbocycles. The Kier molecular flexibility index (Phi) is 12.6. The molecule has 0 bridgehead atoms. The van der Waals surface area contributed by atoms with Crippen molar-refractivity contribution in [3.8, 4) is 11.5 Å². The predicted molar refractivity (Wildman–Crippen MR) is 152 cm³/mol. The number of phenolic OH excluding ortho intramolecular Hbond substituents is 2. The minimum atomic E-state index is -0.616. The van der Waals surface area contributed by atoms with Gasteiger partial charge in [0.05, 0.1) is 12.1 Å². The van der Waals surface area contributed by atoms with Crippen molar-refractivity contribution in [2.24, 2.45) is 11.5 Å². The first-order valence-corrected chi connectivity index (χ1v) is 13.6.